The number of pyridine rings is 2. The molecule has 1 fully saturated rings. The average Bonchev–Trinajstić information content (AvgIpc) is 3.28. The average molecular weight is 462 g/mol. The minimum absolute atomic E-state index is 0.255. The number of fused-ring (bicyclic) bond motifs is 1. The summed E-state index contributed by atoms with van der Waals surface area (Å²) in [6.45, 7) is 3.98. The Balaban J connectivity index is 1.85. The van der Waals surface area contributed by atoms with Gasteiger partial charge in [0.15, 0.2) is 0 Å². The van der Waals surface area contributed by atoms with E-state index >= 15 is 0 Å². The normalized spacial score (nSPS) is 15.8. The number of aromatic nitrogens is 2. The highest BCUT2D eigenvalue weighted by Crippen LogP contribution is 2.46. The topological polar surface area (TPSA) is 79.6 Å². The van der Waals surface area contributed by atoms with Crippen molar-refractivity contribution in [1.82, 2.24) is 9.97 Å². The third kappa shape index (κ3) is 4.31. The fraction of sp³-hybridized carbons (Fsp3) is 0.364. The summed E-state index contributed by atoms with van der Waals surface area (Å²) < 4.78 is 16.2. The molecule has 1 N–H and O–H groups in total. The molecule has 3 aromatic rings. The second-order valence-corrected chi connectivity index (χ2v) is 7.84. The van der Waals surface area contributed by atoms with Crippen LogP contribution in [0, 0.1) is 0 Å². The van der Waals surface area contributed by atoms with Crippen molar-refractivity contribution in [2.75, 3.05) is 39.3 Å². The van der Waals surface area contributed by atoms with E-state index in [1.165, 1.54) is 14.2 Å². The highest BCUT2D eigenvalue weighted by Gasteiger charge is 2.19. The molecule has 0 amide bonds. The molecule has 0 bridgehead atoms. The predicted octanol–water partition coefficient (Wildman–Crippen LogP) is 5.85. The van der Waals surface area contributed by atoms with Crippen LogP contribution in [0.5, 0.6) is 11.5 Å². The van der Waals surface area contributed by atoms with E-state index in [1.54, 1.807) is 12.3 Å². The number of methoxy groups -OCH3 is 2. The van der Waals surface area contributed by atoms with Crippen LogP contribution < -0.4 is 14.8 Å². The molecule has 0 saturated carbocycles. The number of halogens is 2. The SMILES string of the molecule is CC[N-]c1nc(-c2c(Cl)c(OC)cc(OC)c2Cl)cc2cnc(NC3CCOC3)cc12. The van der Waals surface area contributed by atoms with Gasteiger partial charge in [0.05, 0.1) is 36.9 Å². The number of anilines is 1. The van der Waals surface area contributed by atoms with Crippen molar-refractivity contribution < 1.29 is 14.2 Å². The van der Waals surface area contributed by atoms with Gasteiger partial charge in [0, 0.05) is 29.8 Å². The van der Waals surface area contributed by atoms with Crippen molar-refractivity contribution in [3.63, 3.8) is 0 Å². The maximum Gasteiger partial charge on any atom is 0.141 e. The molecule has 0 radical (unpaired) electrons. The number of ether oxygens (including phenoxy) is 3. The van der Waals surface area contributed by atoms with Crippen molar-refractivity contribution >= 4 is 45.6 Å². The zero-order valence-electron chi connectivity index (χ0n) is 17.5. The number of hydrogen-bond donors (Lipinski definition) is 1. The standard InChI is InChI=1S/C22H23Cl2N4O3/c1-4-25-22-14-8-18(27-13-5-6-31-11-13)26-10-12(14)7-15(28-22)19-20(23)16(29-2)9-17(30-3)21(19)24/h7-10,13H,4-6,11H2,1-3H3,(H-,25,26,27,28)/q-1. The van der Waals surface area contributed by atoms with Gasteiger partial charge in [-0.1, -0.05) is 42.5 Å². The van der Waals surface area contributed by atoms with E-state index in [-0.39, 0.29) is 6.04 Å². The van der Waals surface area contributed by atoms with Gasteiger partial charge < -0.3 is 29.8 Å². The van der Waals surface area contributed by atoms with Crippen molar-refractivity contribution in [3.8, 4) is 22.8 Å². The number of benzene rings is 1. The molecule has 1 unspecified atom stereocenters. The molecule has 31 heavy (non-hydrogen) atoms. The summed E-state index contributed by atoms with van der Waals surface area (Å²) in [5, 5.41) is 10.5. The molecule has 3 heterocycles. The molecule has 7 nitrogen and oxygen atoms in total. The number of hydrogen-bond acceptors (Lipinski definition) is 6. The van der Waals surface area contributed by atoms with Gasteiger partial charge in [-0.15, -0.1) is 0 Å². The van der Waals surface area contributed by atoms with E-state index in [4.69, 9.17) is 42.4 Å². The summed E-state index contributed by atoms with van der Waals surface area (Å²) in [6.07, 6.45) is 2.75. The lowest BCUT2D eigenvalue weighted by Crippen LogP contribution is -2.19. The molecule has 1 aliphatic rings. The Morgan fingerprint density at radius 3 is 2.52 bits per heavy atom. The van der Waals surface area contributed by atoms with E-state index in [9.17, 15) is 0 Å². The van der Waals surface area contributed by atoms with Crippen molar-refractivity contribution in [2.45, 2.75) is 19.4 Å². The van der Waals surface area contributed by atoms with Crippen LogP contribution in [0.25, 0.3) is 27.3 Å². The van der Waals surface area contributed by atoms with Crippen molar-refractivity contribution in [2.24, 2.45) is 0 Å². The first-order chi connectivity index (χ1) is 15.0. The van der Waals surface area contributed by atoms with Gasteiger partial charge in [0.1, 0.15) is 17.3 Å². The van der Waals surface area contributed by atoms with Gasteiger partial charge in [-0.05, 0) is 29.6 Å². The highest BCUT2D eigenvalue weighted by molar-refractivity contribution is 6.41. The predicted molar refractivity (Wildman–Crippen MR) is 125 cm³/mol. The second-order valence-electron chi connectivity index (χ2n) is 7.09. The van der Waals surface area contributed by atoms with Crippen LogP contribution in [0.4, 0.5) is 11.6 Å². The fourth-order valence-corrected chi connectivity index (χ4v) is 4.27. The number of nitrogens with zero attached hydrogens (tertiary/aromatic N) is 3. The Labute approximate surface area is 191 Å². The van der Waals surface area contributed by atoms with Crippen LogP contribution in [0.1, 0.15) is 13.3 Å². The van der Waals surface area contributed by atoms with Gasteiger partial charge in [-0.2, -0.15) is 0 Å². The van der Waals surface area contributed by atoms with E-state index in [1.807, 2.05) is 19.1 Å². The van der Waals surface area contributed by atoms with Gasteiger partial charge in [-0.25, -0.2) is 4.98 Å². The molecule has 164 valence electrons. The lowest BCUT2D eigenvalue weighted by molar-refractivity contribution is 0.195. The van der Waals surface area contributed by atoms with Gasteiger partial charge >= 0.3 is 0 Å². The highest BCUT2D eigenvalue weighted by atomic mass is 35.5. The molecule has 0 spiro atoms. The lowest BCUT2D eigenvalue weighted by atomic mass is 10.1. The Bertz CT molecular complexity index is 1080. The Morgan fingerprint density at radius 2 is 1.90 bits per heavy atom. The number of nitrogens with one attached hydrogen (secondary N) is 1. The summed E-state index contributed by atoms with van der Waals surface area (Å²) in [5.74, 6) is 2.26. The maximum atomic E-state index is 6.61. The van der Waals surface area contributed by atoms with Gasteiger partial charge in [0.2, 0.25) is 0 Å². The summed E-state index contributed by atoms with van der Waals surface area (Å²) in [4.78, 5) is 9.35. The Morgan fingerprint density at radius 1 is 1.16 bits per heavy atom. The van der Waals surface area contributed by atoms with E-state index in [0.717, 1.165) is 29.6 Å². The van der Waals surface area contributed by atoms with Crippen LogP contribution in [0.2, 0.25) is 10.0 Å². The molecule has 1 saturated heterocycles. The quantitative estimate of drug-likeness (QED) is 0.475. The molecular weight excluding hydrogens is 439 g/mol. The maximum absolute atomic E-state index is 6.61. The van der Waals surface area contributed by atoms with Crippen LogP contribution in [-0.2, 0) is 4.74 Å². The third-order valence-corrected chi connectivity index (χ3v) is 5.86. The molecular formula is C22H23Cl2N4O3-. The van der Waals surface area contributed by atoms with E-state index in [2.05, 4.69) is 15.6 Å². The van der Waals surface area contributed by atoms with E-state index in [0.29, 0.717) is 51.8 Å². The Kier molecular flexibility index (Phi) is 6.55. The largest absolute Gasteiger partial charge is 0.495 e. The fourth-order valence-electron chi connectivity index (χ4n) is 3.57. The molecule has 9 heteroatoms. The molecule has 1 aromatic carbocycles. The monoisotopic (exact) mass is 461 g/mol. The van der Waals surface area contributed by atoms with Gasteiger partial charge in [-0.3, -0.25) is 0 Å². The van der Waals surface area contributed by atoms with Crippen molar-refractivity contribution in [3.05, 3.63) is 39.8 Å². The lowest BCUT2D eigenvalue weighted by Gasteiger charge is -2.22. The summed E-state index contributed by atoms with van der Waals surface area (Å²) in [6, 6.07) is 5.77. The first-order valence-corrected chi connectivity index (χ1v) is 10.7. The van der Waals surface area contributed by atoms with Crippen molar-refractivity contribution in [1.29, 1.82) is 0 Å². The summed E-state index contributed by atoms with van der Waals surface area (Å²) in [5.41, 5.74) is 1.10. The molecule has 4 rings (SSSR count). The van der Waals surface area contributed by atoms with Crippen LogP contribution in [0.15, 0.2) is 24.4 Å². The molecule has 2 aromatic heterocycles. The minimum Gasteiger partial charge on any atom is -0.495 e. The van der Waals surface area contributed by atoms with Gasteiger partial charge in [0.25, 0.3) is 0 Å². The smallest absolute Gasteiger partial charge is 0.141 e. The van der Waals surface area contributed by atoms with Crippen LogP contribution in [0.3, 0.4) is 0 Å². The number of rotatable bonds is 7. The third-order valence-electron chi connectivity index (χ3n) is 5.11. The zero-order valence-corrected chi connectivity index (χ0v) is 19.0. The molecule has 0 aliphatic carbocycles. The minimum atomic E-state index is 0.255. The van der Waals surface area contributed by atoms with E-state index < -0.39 is 0 Å². The first kappa shape index (κ1) is 21.7. The second kappa shape index (κ2) is 9.34. The molecule has 1 atom stereocenters. The summed E-state index contributed by atoms with van der Waals surface area (Å²) in [7, 11) is 3.08. The molecule has 1 aliphatic heterocycles. The Hall–Kier alpha value is -2.48. The zero-order chi connectivity index (χ0) is 22.0. The van der Waals surface area contributed by atoms with Crippen LogP contribution >= 0.6 is 23.2 Å². The first-order valence-electron chi connectivity index (χ1n) is 9.98. The summed E-state index contributed by atoms with van der Waals surface area (Å²) >= 11 is 13.2. The van der Waals surface area contributed by atoms with Crippen LogP contribution in [-0.4, -0.2) is 50.0 Å².